The van der Waals surface area contributed by atoms with Crippen LogP contribution in [0.5, 0.6) is 5.75 Å². The number of rotatable bonds is 9. The van der Waals surface area contributed by atoms with Crippen LogP contribution in [-0.4, -0.2) is 35.0 Å². The van der Waals surface area contributed by atoms with Gasteiger partial charge in [0, 0.05) is 28.1 Å². The number of carboxylic acids is 2. The predicted octanol–water partition coefficient (Wildman–Crippen LogP) is 6.62. The Labute approximate surface area is 238 Å². The molecule has 40 heavy (non-hydrogen) atoms. The summed E-state index contributed by atoms with van der Waals surface area (Å²) in [6.45, 7) is 5.58. The molecule has 0 amide bonds. The normalized spacial score (nSPS) is 17.1. The van der Waals surface area contributed by atoms with Gasteiger partial charge in [0.2, 0.25) is 0 Å². The van der Waals surface area contributed by atoms with Gasteiger partial charge in [-0.3, -0.25) is 4.79 Å². The molecule has 1 aliphatic carbocycles. The zero-order valence-electron chi connectivity index (χ0n) is 22.7. The van der Waals surface area contributed by atoms with Crippen LogP contribution in [0, 0.1) is 13.8 Å². The van der Waals surface area contributed by atoms with Gasteiger partial charge in [-0.1, -0.05) is 59.2 Å². The van der Waals surface area contributed by atoms with Crippen LogP contribution in [0.15, 0.2) is 89.1 Å². The molecule has 206 valence electrons. The van der Waals surface area contributed by atoms with Gasteiger partial charge in [-0.05, 0) is 78.9 Å². The molecule has 0 aliphatic heterocycles. The molecular formula is C32H30ClNO6. The minimum absolute atomic E-state index is 0.0823. The molecule has 0 radical (unpaired) electrons. The minimum atomic E-state index is -1.53. The van der Waals surface area contributed by atoms with Gasteiger partial charge >= 0.3 is 11.9 Å². The van der Waals surface area contributed by atoms with Crippen LogP contribution in [0.25, 0.3) is 0 Å². The SMILES string of the molecule is CON=C(c1ccc(Cl)cc1)c1ccc(OCc2c(C)cccc2C2(C(=O)O)C=CC(C)=C(C(=O)O)C2)c(C)c1. The van der Waals surface area contributed by atoms with Gasteiger partial charge in [0.15, 0.2) is 0 Å². The molecule has 8 heteroatoms. The molecule has 0 bridgehead atoms. The highest BCUT2D eigenvalue weighted by Gasteiger charge is 2.43. The first-order chi connectivity index (χ1) is 19.1. The molecule has 1 aliphatic rings. The molecule has 7 nitrogen and oxygen atoms in total. The van der Waals surface area contributed by atoms with Crippen LogP contribution in [0.4, 0.5) is 0 Å². The Bertz CT molecular complexity index is 1550. The van der Waals surface area contributed by atoms with Gasteiger partial charge in [0.25, 0.3) is 0 Å². The number of carbonyl (C=O) groups is 2. The number of halogens is 1. The number of ether oxygens (including phenoxy) is 1. The van der Waals surface area contributed by atoms with Gasteiger partial charge in [0.1, 0.15) is 30.6 Å². The first kappa shape index (κ1) is 28.6. The van der Waals surface area contributed by atoms with E-state index < -0.39 is 17.4 Å². The summed E-state index contributed by atoms with van der Waals surface area (Å²) in [6.07, 6.45) is 3.01. The lowest BCUT2D eigenvalue weighted by Crippen LogP contribution is -2.38. The van der Waals surface area contributed by atoms with Gasteiger partial charge in [-0.15, -0.1) is 0 Å². The average Bonchev–Trinajstić information content (AvgIpc) is 2.92. The smallest absolute Gasteiger partial charge is 0.331 e. The van der Waals surface area contributed by atoms with Crippen molar-refractivity contribution >= 4 is 29.3 Å². The van der Waals surface area contributed by atoms with Crippen molar-refractivity contribution in [3.8, 4) is 5.75 Å². The Balaban J connectivity index is 1.66. The Morgan fingerprint density at radius 3 is 2.30 bits per heavy atom. The molecule has 1 unspecified atom stereocenters. The lowest BCUT2D eigenvalue weighted by molar-refractivity contribution is -0.142. The Morgan fingerprint density at radius 2 is 1.68 bits per heavy atom. The van der Waals surface area contributed by atoms with Gasteiger partial charge in [-0.2, -0.15) is 0 Å². The van der Waals surface area contributed by atoms with Crippen LogP contribution < -0.4 is 4.74 Å². The lowest BCUT2D eigenvalue weighted by atomic mass is 9.69. The third-order valence-corrected chi connectivity index (χ3v) is 7.45. The maximum absolute atomic E-state index is 12.7. The molecule has 0 spiro atoms. The van der Waals surface area contributed by atoms with Crippen molar-refractivity contribution in [2.45, 2.75) is 39.2 Å². The van der Waals surface area contributed by atoms with Gasteiger partial charge in [-0.25, -0.2) is 4.79 Å². The summed E-state index contributed by atoms with van der Waals surface area (Å²) in [7, 11) is 1.49. The lowest BCUT2D eigenvalue weighted by Gasteiger charge is -2.32. The number of hydrogen-bond acceptors (Lipinski definition) is 5. The molecule has 3 aromatic carbocycles. The fourth-order valence-corrected chi connectivity index (χ4v) is 5.05. The maximum atomic E-state index is 12.7. The molecule has 4 rings (SSSR count). The van der Waals surface area contributed by atoms with Crippen molar-refractivity contribution in [2.24, 2.45) is 5.16 Å². The fraction of sp³-hybridized carbons (Fsp3) is 0.219. The monoisotopic (exact) mass is 559 g/mol. The number of aliphatic carboxylic acids is 2. The van der Waals surface area contributed by atoms with Gasteiger partial charge in [0.05, 0.1) is 0 Å². The summed E-state index contributed by atoms with van der Waals surface area (Å²) in [5.74, 6) is -1.62. The largest absolute Gasteiger partial charge is 0.489 e. The molecule has 1 atom stereocenters. The van der Waals surface area contributed by atoms with E-state index in [1.54, 1.807) is 43.3 Å². The molecule has 0 saturated heterocycles. The van der Waals surface area contributed by atoms with Crippen LogP contribution in [-0.2, 0) is 26.4 Å². The summed E-state index contributed by atoms with van der Waals surface area (Å²) in [4.78, 5) is 29.7. The van der Waals surface area contributed by atoms with E-state index in [2.05, 4.69) is 5.16 Å². The van der Waals surface area contributed by atoms with E-state index in [4.69, 9.17) is 21.2 Å². The number of benzene rings is 3. The zero-order chi connectivity index (χ0) is 29.0. The van der Waals surface area contributed by atoms with E-state index in [0.29, 0.717) is 33.2 Å². The van der Waals surface area contributed by atoms with E-state index in [0.717, 1.165) is 22.3 Å². The predicted molar refractivity (Wildman–Crippen MR) is 154 cm³/mol. The third-order valence-electron chi connectivity index (χ3n) is 7.20. The fourth-order valence-electron chi connectivity index (χ4n) is 4.93. The first-order valence-electron chi connectivity index (χ1n) is 12.6. The standard InChI is InChI=1S/C32H30ClNO6/c1-19-6-5-7-27(32(31(37)38)15-14-20(2)25(17-32)30(35)36)26(19)18-40-28-13-10-23(16-21(28)3)29(34-39-4)22-8-11-24(33)12-9-22/h5-16H,17-18H2,1-4H3,(H,35,36)(H,37,38). The van der Waals surface area contributed by atoms with E-state index >= 15 is 0 Å². The topological polar surface area (TPSA) is 105 Å². The second kappa shape index (κ2) is 11.8. The summed E-state index contributed by atoms with van der Waals surface area (Å²) >= 11 is 6.04. The van der Waals surface area contributed by atoms with Crippen LogP contribution >= 0.6 is 11.6 Å². The van der Waals surface area contributed by atoms with E-state index in [1.165, 1.54) is 7.11 Å². The minimum Gasteiger partial charge on any atom is -0.489 e. The highest BCUT2D eigenvalue weighted by Crippen LogP contribution is 2.41. The van der Waals surface area contributed by atoms with Gasteiger partial charge < -0.3 is 19.8 Å². The van der Waals surface area contributed by atoms with E-state index in [1.807, 2.05) is 50.2 Å². The number of hydrogen-bond donors (Lipinski definition) is 2. The molecule has 0 heterocycles. The molecule has 0 saturated carbocycles. The summed E-state index contributed by atoms with van der Waals surface area (Å²) in [6, 6.07) is 18.4. The highest BCUT2D eigenvalue weighted by atomic mass is 35.5. The van der Waals surface area contributed by atoms with Crippen molar-refractivity contribution in [3.63, 3.8) is 0 Å². The summed E-state index contributed by atoms with van der Waals surface area (Å²) in [5, 5.41) is 24.9. The van der Waals surface area contributed by atoms with Crippen molar-refractivity contribution in [2.75, 3.05) is 7.11 Å². The quantitative estimate of drug-likeness (QED) is 0.225. The zero-order valence-corrected chi connectivity index (χ0v) is 23.5. The molecule has 2 N–H and O–H groups in total. The number of carboxylic acid groups (broad SMARTS) is 2. The van der Waals surface area contributed by atoms with Crippen LogP contribution in [0.2, 0.25) is 5.02 Å². The Hall–Kier alpha value is -4.36. The van der Waals surface area contributed by atoms with Crippen LogP contribution in [0.3, 0.4) is 0 Å². The van der Waals surface area contributed by atoms with Crippen molar-refractivity contribution in [1.82, 2.24) is 0 Å². The van der Waals surface area contributed by atoms with Crippen LogP contribution in [0.1, 0.15) is 46.7 Å². The molecule has 0 fully saturated rings. The van der Waals surface area contributed by atoms with Crippen molar-refractivity contribution in [3.05, 3.63) is 122 Å². The number of allylic oxidation sites excluding steroid dienone is 2. The summed E-state index contributed by atoms with van der Waals surface area (Å²) in [5.41, 5.74) is 4.31. The molecular weight excluding hydrogens is 530 g/mol. The first-order valence-corrected chi connectivity index (χ1v) is 13.0. The molecule has 0 aromatic heterocycles. The number of oxime groups is 1. The second-order valence-corrected chi connectivity index (χ2v) is 10.2. The average molecular weight is 560 g/mol. The number of aryl methyl sites for hydroxylation is 2. The Kier molecular flexibility index (Phi) is 8.45. The van der Waals surface area contributed by atoms with Crippen molar-refractivity contribution < 1.29 is 29.4 Å². The van der Waals surface area contributed by atoms with Crippen molar-refractivity contribution in [1.29, 1.82) is 0 Å². The molecule has 3 aromatic rings. The number of nitrogens with zero attached hydrogens (tertiary/aromatic N) is 1. The third kappa shape index (κ3) is 5.65. The second-order valence-electron chi connectivity index (χ2n) is 9.75. The Morgan fingerprint density at radius 1 is 0.975 bits per heavy atom. The highest BCUT2D eigenvalue weighted by molar-refractivity contribution is 6.30. The van der Waals surface area contributed by atoms with E-state index in [9.17, 15) is 19.8 Å². The van der Waals surface area contributed by atoms with E-state index in [-0.39, 0.29) is 18.6 Å². The summed E-state index contributed by atoms with van der Waals surface area (Å²) < 4.78 is 6.24. The maximum Gasteiger partial charge on any atom is 0.331 e.